The summed E-state index contributed by atoms with van der Waals surface area (Å²) < 4.78 is 26.8. The van der Waals surface area contributed by atoms with Crippen molar-refractivity contribution in [2.75, 3.05) is 0 Å². The van der Waals surface area contributed by atoms with Gasteiger partial charge < -0.3 is 10.4 Å². The number of nitrogens with zero attached hydrogens (tertiary/aromatic N) is 1. The lowest BCUT2D eigenvalue weighted by molar-refractivity contribution is -0.123. The number of benzene rings is 2. The van der Waals surface area contributed by atoms with Crippen LogP contribution in [0.5, 0.6) is 5.75 Å². The predicted octanol–water partition coefficient (Wildman–Crippen LogP) is 1.77. The zero-order chi connectivity index (χ0) is 19.6. The first kappa shape index (κ1) is 18.9. The second kappa shape index (κ2) is 7.40. The van der Waals surface area contributed by atoms with Crippen molar-refractivity contribution in [3.8, 4) is 5.75 Å². The maximum Gasteiger partial charge on any atom is 0.263 e. The quantitative estimate of drug-likeness (QED) is 0.727. The van der Waals surface area contributed by atoms with Crippen LogP contribution < -0.4 is 10.0 Å². The Balaban J connectivity index is 1.83. The number of nitrogens with one attached hydrogen (secondary N) is 2. The van der Waals surface area contributed by atoms with E-state index in [2.05, 4.69) is 15.0 Å². The van der Waals surface area contributed by atoms with Gasteiger partial charge >= 0.3 is 0 Å². The van der Waals surface area contributed by atoms with Gasteiger partial charge in [-0.05, 0) is 24.1 Å². The summed E-state index contributed by atoms with van der Waals surface area (Å²) in [7, 11) is -3.66. The summed E-state index contributed by atoms with van der Waals surface area (Å²) in [5, 5.41) is 12.6. The molecule has 0 unspecified atom stereocenters. The Hall–Kier alpha value is -2.87. The summed E-state index contributed by atoms with van der Waals surface area (Å²) in [6.07, 6.45) is 0. The van der Waals surface area contributed by atoms with Gasteiger partial charge in [0.2, 0.25) is 5.91 Å². The van der Waals surface area contributed by atoms with Crippen molar-refractivity contribution < 1.29 is 18.3 Å². The topological polar surface area (TPSA) is 108 Å². The molecular weight excluding hydrogens is 366 g/mol. The van der Waals surface area contributed by atoms with Crippen LogP contribution in [0, 0.1) is 5.92 Å². The van der Waals surface area contributed by atoms with Gasteiger partial charge in [0.05, 0.1) is 4.90 Å². The highest BCUT2D eigenvalue weighted by Crippen LogP contribution is 2.23. The third kappa shape index (κ3) is 3.95. The van der Waals surface area contributed by atoms with Gasteiger partial charge in [-0.15, -0.1) is 0 Å². The van der Waals surface area contributed by atoms with E-state index < -0.39 is 16.1 Å². The number of carbonyl (C=O) groups excluding carboxylic acids is 1. The highest BCUT2D eigenvalue weighted by atomic mass is 32.2. The Morgan fingerprint density at radius 3 is 2.52 bits per heavy atom. The van der Waals surface area contributed by atoms with Gasteiger partial charge in [0.1, 0.15) is 17.6 Å². The fourth-order valence-corrected chi connectivity index (χ4v) is 4.07. The summed E-state index contributed by atoms with van der Waals surface area (Å²) in [5.74, 6) is -0.229. The Bertz CT molecular complexity index is 1000. The smallest absolute Gasteiger partial charge is 0.263 e. The number of fused-ring (bicyclic) bond motifs is 1. The fraction of sp³-hybridized carbons (Fsp3) is 0.263. The lowest BCUT2D eigenvalue weighted by Crippen LogP contribution is -2.38. The number of amides is 1. The maximum absolute atomic E-state index is 12.7. The summed E-state index contributed by atoms with van der Waals surface area (Å²) in [6, 6.07) is 12.5. The Morgan fingerprint density at radius 2 is 1.81 bits per heavy atom. The number of phenolic OH excluding ortho intramolecular Hbond substituents is 1. The molecule has 3 N–H and O–H groups in total. The van der Waals surface area contributed by atoms with Crippen molar-refractivity contribution in [2.45, 2.75) is 31.3 Å². The summed E-state index contributed by atoms with van der Waals surface area (Å²) in [5.41, 5.74) is 1.05. The lowest BCUT2D eigenvalue weighted by atomic mass is 10.0. The van der Waals surface area contributed by atoms with E-state index in [4.69, 9.17) is 0 Å². The molecule has 0 saturated heterocycles. The van der Waals surface area contributed by atoms with Crippen LogP contribution in [0.2, 0.25) is 0 Å². The molecule has 2 aromatic carbocycles. The molecule has 0 fully saturated rings. The minimum Gasteiger partial charge on any atom is -0.508 e. The van der Waals surface area contributed by atoms with E-state index in [-0.39, 0.29) is 34.9 Å². The van der Waals surface area contributed by atoms with Crippen molar-refractivity contribution in [1.29, 1.82) is 0 Å². The number of aliphatic imine (C=N–C) groups is 1. The highest BCUT2D eigenvalue weighted by Gasteiger charge is 2.32. The molecule has 0 aromatic heterocycles. The van der Waals surface area contributed by atoms with Gasteiger partial charge in [-0.3, -0.25) is 14.5 Å². The van der Waals surface area contributed by atoms with Crippen molar-refractivity contribution in [1.82, 2.24) is 10.0 Å². The van der Waals surface area contributed by atoms with E-state index in [9.17, 15) is 18.3 Å². The van der Waals surface area contributed by atoms with Crippen LogP contribution in [0.3, 0.4) is 0 Å². The van der Waals surface area contributed by atoms with E-state index in [1.54, 1.807) is 42.5 Å². The first-order chi connectivity index (χ1) is 12.8. The van der Waals surface area contributed by atoms with Crippen LogP contribution in [0.1, 0.15) is 25.0 Å². The normalized spacial score (nSPS) is 17.4. The number of hydrogen-bond acceptors (Lipinski definition) is 5. The molecule has 1 heterocycles. The number of amidine groups is 1. The number of aromatic hydroxyl groups is 1. The van der Waals surface area contributed by atoms with E-state index in [1.165, 1.54) is 6.07 Å². The molecule has 0 spiro atoms. The average Bonchev–Trinajstić information content (AvgIpc) is 2.89. The molecule has 1 aliphatic rings. The summed E-state index contributed by atoms with van der Waals surface area (Å²) in [6.45, 7) is 3.83. The standard InChI is InChI=1S/C19H21N3O4S/c1-12(2)17(19(24)20-11-13-7-3-5-9-15(13)23)21-18-14-8-4-6-10-16(14)27(25,26)22-18/h3-10,12,17,23H,11H2,1-2H3,(H,20,24)(H,21,22)/t17-/m0/s1. The molecule has 1 amide bonds. The molecule has 142 valence electrons. The predicted molar refractivity (Wildman–Crippen MR) is 102 cm³/mol. The molecule has 8 heteroatoms. The molecule has 0 aliphatic carbocycles. The largest absolute Gasteiger partial charge is 0.508 e. The minimum atomic E-state index is -3.66. The minimum absolute atomic E-state index is 0.0997. The molecule has 3 rings (SSSR count). The molecule has 0 radical (unpaired) electrons. The van der Waals surface area contributed by atoms with Crippen molar-refractivity contribution >= 4 is 21.8 Å². The van der Waals surface area contributed by atoms with E-state index >= 15 is 0 Å². The third-order valence-corrected chi connectivity index (χ3v) is 5.67. The number of hydrogen-bond donors (Lipinski definition) is 3. The number of phenols is 1. The number of rotatable bonds is 5. The van der Waals surface area contributed by atoms with Gasteiger partial charge in [0.15, 0.2) is 0 Å². The fourth-order valence-electron chi connectivity index (χ4n) is 2.83. The van der Waals surface area contributed by atoms with E-state index in [0.29, 0.717) is 11.1 Å². The Kier molecular flexibility index (Phi) is 5.18. The molecule has 1 atom stereocenters. The number of para-hydroxylation sites is 1. The molecule has 1 aliphatic heterocycles. The zero-order valence-corrected chi connectivity index (χ0v) is 15.8. The van der Waals surface area contributed by atoms with Gasteiger partial charge in [-0.25, -0.2) is 8.42 Å². The van der Waals surface area contributed by atoms with E-state index in [0.717, 1.165) is 0 Å². The second-order valence-electron chi connectivity index (χ2n) is 6.61. The van der Waals surface area contributed by atoms with Crippen LogP contribution in [-0.2, 0) is 21.4 Å². The van der Waals surface area contributed by atoms with Gasteiger partial charge in [-0.1, -0.05) is 44.2 Å². The molecule has 27 heavy (non-hydrogen) atoms. The summed E-state index contributed by atoms with van der Waals surface area (Å²) >= 11 is 0. The van der Waals surface area contributed by atoms with Gasteiger partial charge in [0, 0.05) is 17.7 Å². The van der Waals surface area contributed by atoms with Crippen molar-refractivity contribution in [2.24, 2.45) is 10.9 Å². The van der Waals surface area contributed by atoms with Crippen LogP contribution in [-0.4, -0.2) is 31.3 Å². The Morgan fingerprint density at radius 1 is 1.15 bits per heavy atom. The van der Waals surface area contributed by atoms with E-state index in [1.807, 2.05) is 13.8 Å². The highest BCUT2D eigenvalue weighted by molar-refractivity contribution is 7.90. The lowest BCUT2D eigenvalue weighted by Gasteiger charge is -2.17. The van der Waals surface area contributed by atoms with Crippen LogP contribution in [0.25, 0.3) is 0 Å². The van der Waals surface area contributed by atoms with Crippen LogP contribution >= 0.6 is 0 Å². The molecule has 7 nitrogen and oxygen atoms in total. The van der Waals surface area contributed by atoms with Crippen molar-refractivity contribution in [3.05, 3.63) is 59.7 Å². The zero-order valence-electron chi connectivity index (χ0n) is 15.0. The molecular formula is C19H21N3O4S. The maximum atomic E-state index is 12.7. The first-order valence-corrected chi connectivity index (χ1v) is 10.0. The summed E-state index contributed by atoms with van der Waals surface area (Å²) in [4.78, 5) is 17.2. The van der Waals surface area contributed by atoms with Gasteiger partial charge in [0.25, 0.3) is 10.0 Å². The van der Waals surface area contributed by atoms with Crippen molar-refractivity contribution in [3.63, 3.8) is 0 Å². The number of sulfonamides is 1. The molecule has 2 aromatic rings. The monoisotopic (exact) mass is 387 g/mol. The van der Waals surface area contributed by atoms with Crippen LogP contribution in [0.15, 0.2) is 58.4 Å². The average molecular weight is 387 g/mol. The van der Waals surface area contributed by atoms with Gasteiger partial charge in [-0.2, -0.15) is 0 Å². The number of carbonyl (C=O) groups is 1. The van der Waals surface area contributed by atoms with Crippen LogP contribution in [0.4, 0.5) is 0 Å². The second-order valence-corrected chi connectivity index (χ2v) is 8.27. The SMILES string of the molecule is CC(C)[C@H](N=C1NS(=O)(=O)c2ccccc21)C(=O)NCc1ccccc1O. The first-order valence-electron chi connectivity index (χ1n) is 8.54. The Labute approximate surface area is 158 Å². The third-order valence-electron chi connectivity index (χ3n) is 4.28. The molecule has 0 bridgehead atoms. The molecule has 0 saturated carbocycles.